The van der Waals surface area contributed by atoms with Crippen molar-refractivity contribution < 1.29 is 82.3 Å². The predicted molar refractivity (Wildman–Crippen MR) is 303 cm³/mol. The summed E-state index contributed by atoms with van der Waals surface area (Å²) >= 11 is 0. The van der Waals surface area contributed by atoms with Gasteiger partial charge in [-0.15, -0.1) is 0 Å². The van der Waals surface area contributed by atoms with Crippen LogP contribution in [0.25, 0.3) is 0 Å². The van der Waals surface area contributed by atoms with E-state index in [4.69, 9.17) is 37.9 Å². The first-order valence-corrected chi connectivity index (χ1v) is 28.7. The molecule has 0 radical (unpaired) electrons. The van der Waals surface area contributed by atoms with Gasteiger partial charge in [-0.2, -0.15) is 0 Å². The van der Waals surface area contributed by atoms with Gasteiger partial charge in [0.05, 0.1) is 49.1 Å². The molecule has 5 rings (SSSR count). The van der Waals surface area contributed by atoms with Crippen LogP contribution in [0.4, 0.5) is 24.0 Å². The van der Waals surface area contributed by atoms with Crippen molar-refractivity contribution in [2.24, 2.45) is 17.8 Å². The van der Waals surface area contributed by atoms with Crippen LogP contribution in [0.1, 0.15) is 199 Å². The van der Waals surface area contributed by atoms with Crippen LogP contribution in [0, 0.1) is 17.8 Å². The van der Waals surface area contributed by atoms with Gasteiger partial charge in [-0.3, -0.25) is 0 Å². The molecule has 0 bridgehead atoms. The van der Waals surface area contributed by atoms with Gasteiger partial charge in [-0.05, 0) is 157 Å². The third-order valence-corrected chi connectivity index (χ3v) is 13.5. The largest absolute Gasteiger partial charge is 0.493 e. The second-order valence-corrected chi connectivity index (χ2v) is 28.0. The number of aliphatic hydroxyl groups is 4. The molecule has 9 N–H and O–H groups in total. The van der Waals surface area contributed by atoms with Crippen LogP contribution in [0.5, 0.6) is 5.75 Å². The summed E-state index contributed by atoms with van der Waals surface area (Å²) in [5.74, 6) is 0.745. The Labute approximate surface area is 480 Å². The highest BCUT2D eigenvalue weighted by molar-refractivity contribution is 5.70. The fourth-order valence-electron chi connectivity index (χ4n) is 9.68. The van der Waals surface area contributed by atoms with Gasteiger partial charge in [-0.1, -0.05) is 53.7 Å². The number of ether oxygens (including phenoxy) is 8. The molecule has 1 aliphatic heterocycles. The van der Waals surface area contributed by atoms with E-state index in [9.17, 15) is 44.4 Å². The molecule has 22 nitrogen and oxygen atoms in total. The van der Waals surface area contributed by atoms with Crippen molar-refractivity contribution in [1.29, 1.82) is 0 Å². The number of aliphatic hydroxyl groups excluding tert-OH is 4. The first-order valence-electron chi connectivity index (χ1n) is 28.7. The summed E-state index contributed by atoms with van der Waals surface area (Å²) in [6.07, 6.45) is -11.0. The Morgan fingerprint density at radius 1 is 0.543 bits per heavy atom. The Morgan fingerprint density at radius 3 is 1.38 bits per heavy atom. The van der Waals surface area contributed by atoms with Crippen LogP contribution in [-0.4, -0.2) is 159 Å². The molecule has 14 unspecified atom stereocenters. The molecule has 3 aliphatic carbocycles. The Kier molecular flexibility index (Phi) is 23.1. The molecular formula is C59H101N5O17. The summed E-state index contributed by atoms with van der Waals surface area (Å²) in [4.78, 5) is 63.4. The van der Waals surface area contributed by atoms with E-state index in [2.05, 4.69) is 80.3 Å². The van der Waals surface area contributed by atoms with Gasteiger partial charge in [0.1, 0.15) is 46.0 Å². The molecule has 0 spiro atoms. The summed E-state index contributed by atoms with van der Waals surface area (Å²) in [6.45, 7) is 39.1. The minimum absolute atomic E-state index is 0.0250. The molecule has 464 valence electrons. The maximum absolute atomic E-state index is 13.1. The first kappa shape index (κ1) is 68.6. The van der Waals surface area contributed by atoms with Crippen LogP contribution in [0.3, 0.4) is 0 Å². The summed E-state index contributed by atoms with van der Waals surface area (Å²) in [7, 11) is 0. The van der Waals surface area contributed by atoms with E-state index < -0.39 is 131 Å². The first-order chi connectivity index (χ1) is 36.9. The Hall–Kier alpha value is -4.87. The second kappa shape index (κ2) is 27.2. The standard InChI is InChI=1S/C35H62N4O13.C24H39NO4/c1-32(2,3)49-28(43)36-16-23-22(41)15-20(39-31(46)52-35(10,11)12)27(47-23)48-26-19(38-30(45)51-34(7,8)9)14-18(37-29(44)50-33(4,5)6)24(25(26)42)17-13-21(17)40;1-13(2)16-10-17(14(3)4)22(18(11-16)15(5)6)28-12-19-20(21(19)26)25-23(27)29-24(7,8)9/h17-27,40-42H,13-16H2,1-12H3,(H,36,43)(H,37,44)(H,38,45)(H,39,46);10-11,13-15,19-21,26H,12H2,1-9H3,(H,25,27). The molecule has 1 saturated heterocycles. The molecular weight excluding hydrogens is 1050 g/mol. The van der Waals surface area contributed by atoms with Gasteiger partial charge >= 0.3 is 30.5 Å². The highest BCUT2D eigenvalue weighted by atomic mass is 16.7. The summed E-state index contributed by atoms with van der Waals surface area (Å²) in [5.41, 5.74) is -0.169. The number of carbonyl (C=O) groups is 5. The smallest absolute Gasteiger partial charge is 0.408 e. The number of nitrogens with one attached hydrogen (secondary N) is 5. The molecule has 5 amide bonds. The van der Waals surface area contributed by atoms with Crippen LogP contribution in [-0.2, 0) is 33.2 Å². The average molecular weight is 1150 g/mol. The molecule has 1 heterocycles. The molecule has 4 fully saturated rings. The van der Waals surface area contributed by atoms with E-state index in [0.29, 0.717) is 30.8 Å². The van der Waals surface area contributed by atoms with Crippen LogP contribution in [0.15, 0.2) is 12.1 Å². The van der Waals surface area contributed by atoms with Crippen molar-refractivity contribution >= 4 is 30.5 Å². The highest BCUT2D eigenvalue weighted by Crippen LogP contribution is 2.46. The van der Waals surface area contributed by atoms with E-state index in [0.717, 1.165) is 5.75 Å². The maximum Gasteiger partial charge on any atom is 0.408 e. The summed E-state index contributed by atoms with van der Waals surface area (Å²) in [6, 6.07) is 1.35. The quantitative estimate of drug-likeness (QED) is 0.0749. The van der Waals surface area contributed by atoms with Crippen molar-refractivity contribution in [2.75, 3.05) is 13.2 Å². The van der Waals surface area contributed by atoms with Gasteiger partial charge in [0.15, 0.2) is 6.29 Å². The molecule has 0 aromatic heterocycles. The zero-order valence-corrected chi connectivity index (χ0v) is 52.1. The van der Waals surface area contributed by atoms with Crippen molar-refractivity contribution in [3.8, 4) is 5.75 Å². The van der Waals surface area contributed by atoms with E-state index in [-0.39, 0.29) is 31.3 Å². The van der Waals surface area contributed by atoms with Crippen molar-refractivity contribution in [1.82, 2.24) is 26.6 Å². The van der Waals surface area contributed by atoms with E-state index in [1.165, 1.54) is 16.7 Å². The van der Waals surface area contributed by atoms with Gasteiger partial charge in [0.2, 0.25) is 0 Å². The topological polar surface area (TPSA) is 300 Å². The number of benzene rings is 1. The van der Waals surface area contributed by atoms with Crippen molar-refractivity contribution in [3.05, 3.63) is 28.8 Å². The summed E-state index contributed by atoms with van der Waals surface area (Å²) < 4.78 is 46.0. The lowest BCUT2D eigenvalue weighted by molar-refractivity contribution is -0.271. The third-order valence-electron chi connectivity index (χ3n) is 13.5. The van der Waals surface area contributed by atoms with Crippen LogP contribution >= 0.6 is 0 Å². The number of alkyl carbamates (subject to hydrolysis) is 5. The molecule has 14 atom stereocenters. The second-order valence-electron chi connectivity index (χ2n) is 28.0. The molecule has 22 heteroatoms. The number of rotatable bonds is 15. The fourth-order valence-corrected chi connectivity index (χ4v) is 9.68. The zero-order valence-electron chi connectivity index (χ0n) is 52.1. The minimum Gasteiger partial charge on any atom is -0.493 e. The summed E-state index contributed by atoms with van der Waals surface area (Å²) in [5, 5.41) is 57.4. The molecule has 81 heavy (non-hydrogen) atoms. The molecule has 4 aliphatic rings. The average Bonchev–Trinajstić information content (AvgIpc) is 4.19. The third kappa shape index (κ3) is 22.3. The zero-order chi connectivity index (χ0) is 61.7. The molecule has 3 saturated carbocycles. The minimum atomic E-state index is -1.41. The van der Waals surface area contributed by atoms with E-state index >= 15 is 0 Å². The lowest BCUT2D eigenvalue weighted by atomic mass is 9.74. The SMILES string of the molecule is CC(C)(C)OC(=O)NCC1OC(OC2C(NC(=O)OC(C)(C)C)CC(NC(=O)OC(C)(C)C)C(C3CC3O)C2O)C(NC(=O)OC(C)(C)C)CC1O.CC(C)c1cc(C(C)C)c(OCC2C(O)C2NC(=O)OC(C)(C)C)c(C(C)C)c1. The van der Waals surface area contributed by atoms with E-state index in [1.54, 1.807) is 83.1 Å². The monoisotopic (exact) mass is 1150 g/mol. The number of hydrogen-bond donors (Lipinski definition) is 9. The number of carbonyl (C=O) groups excluding carboxylic acids is 5. The molecule has 1 aromatic carbocycles. The normalized spacial score (nSPS) is 28.6. The van der Waals surface area contributed by atoms with Gasteiger partial charge in [0.25, 0.3) is 0 Å². The highest BCUT2D eigenvalue weighted by Gasteiger charge is 2.57. The fraction of sp³-hybridized carbons (Fsp3) is 0.814. The predicted octanol–water partition coefficient (Wildman–Crippen LogP) is 8.13. The van der Waals surface area contributed by atoms with Gasteiger partial charge in [-0.25, -0.2) is 24.0 Å². The van der Waals surface area contributed by atoms with Crippen LogP contribution in [0.2, 0.25) is 0 Å². The lowest BCUT2D eigenvalue weighted by Gasteiger charge is -2.48. The van der Waals surface area contributed by atoms with Gasteiger partial charge < -0.3 is 84.9 Å². The Bertz CT molecular complexity index is 2250. The van der Waals surface area contributed by atoms with Gasteiger partial charge in [0, 0.05) is 30.8 Å². The number of amides is 5. The van der Waals surface area contributed by atoms with Crippen LogP contribution < -0.4 is 31.3 Å². The Morgan fingerprint density at radius 2 is 0.963 bits per heavy atom. The maximum atomic E-state index is 13.1. The molecule has 1 aromatic rings. The number of hydrogen-bond acceptors (Lipinski definition) is 17. The van der Waals surface area contributed by atoms with E-state index in [1.807, 2.05) is 20.8 Å². The lowest BCUT2D eigenvalue weighted by Crippen LogP contribution is -2.66. The van der Waals surface area contributed by atoms with Crippen molar-refractivity contribution in [2.45, 2.75) is 278 Å². The Balaban J connectivity index is 0.000000410. The van der Waals surface area contributed by atoms with Crippen molar-refractivity contribution in [3.63, 3.8) is 0 Å².